The highest BCUT2D eigenvalue weighted by atomic mass is 16.5. The lowest BCUT2D eigenvalue weighted by molar-refractivity contribution is -0.145. The zero-order valence-corrected chi connectivity index (χ0v) is 16.3. The Balaban J connectivity index is 1.59. The summed E-state index contributed by atoms with van der Waals surface area (Å²) < 4.78 is 11.4. The summed E-state index contributed by atoms with van der Waals surface area (Å²) in [6.45, 7) is 5.31. The van der Waals surface area contributed by atoms with Gasteiger partial charge in [0.25, 0.3) is 11.8 Å². The maximum absolute atomic E-state index is 12.6. The molecule has 0 aromatic heterocycles. The Hall–Kier alpha value is -2.86. The van der Waals surface area contributed by atoms with Crippen molar-refractivity contribution >= 4 is 11.8 Å². The van der Waals surface area contributed by atoms with Gasteiger partial charge >= 0.3 is 0 Å². The summed E-state index contributed by atoms with van der Waals surface area (Å²) in [6, 6.07) is 16.6. The molecule has 2 atom stereocenters. The molecule has 1 aliphatic heterocycles. The Morgan fingerprint density at radius 2 is 1.68 bits per heavy atom. The summed E-state index contributed by atoms with van der Waals surface area (Å²) in [6.07, 6.45) is 0.00695. The molecule has 2 unspecified atom stereocenters. The largest absolute Gasteiger partial charge is 0.483 e. The highest BCUT2D eigenvalue weighted by Crippen LogP contribution is 2.19. The van der Waals surface area contributed by atoms with E-state index in [-0.39, 0.29) is 30.6 Å². The van der Waals surface area contributed by atoms with Crippen molar-refractivity contribution in [2.24, 2.45) is 0 Å². The first-order valence-electron chi connectivity index (χ1n) is 9.50. The molecule has 0 bridgehead atoms. The van der Waals surface area contributed by atoms with E-state index in [1.54, 1.807) is 29.2 Å². The predicted molar refractivity (Wildman–Crippen MR) is 106 cm³/mol. The van der Waals surface area contributed by atoms with Crippen LogP contribution < -0.4 is 10.1 Å². The van der Waals surface area contributed by atoms with Crippen LogP contribution in [-0.4, -0.2) is 48.6 Å². The first-order valence-corrected chi connectivity index (χ1v) is 9.50. The van der Waals surface area contributed by atoms with Crippen LogP contribution in [0.1, 0.15) is 29.8 Å². The fourth-order valence-corrected chi connectivity index (χ4v) is 3.27. The molecular formula is C22H26N2O4. The lowest BCUT2D eigenvalue weighted by Crippen LogP contribution is -2.49. The Morgan fingerprint density at radius 1 is 1.04 bits per heavy atom. The van der Waals surface area contributed by atoms with Crippen LogP contribution in [0.25, 0.3) is 0 Å². The Bertz CT molecular complexity index is 799. The monoisotopic (exact) mass is 382 g/mol. The van der Waals surface area contributed by atoms with E-state index < -0.39 is 0 Å². The van der Waals surface area contributed by atoms with Crippen LogP contribution >= 0.6 is 0 Å². The van der Waals surface area contributed by atoms with Crippen molar-refractivity contribution in [1.29, 1.82) is 0 Å². The molecule has 6 nitrogen and oxygen atoms in total. The first kappa shape index (κ1) is 19.9. The fourth-order valence-electron chi connectivity index (χ4n) is 3.27. The highest BCUT2D eigenvalue weighted by molar-refractivity contribution is 5.97. The van der Waals surface area contributed by atoms with Gasteiger partial charge in [0.1, 0.15) is 5.75 Å². The molecule has 0 spiro atoms. The van der Waals surface area contributed by atoms with Gasteiger partial charge in [0.2, 0.25) is 0 Å². The number of ether oxygens (including phenoxy) is 2. The highest BCUT2D eigenvalue weighted by Gasteiger charge is 2.26. The number of morpholine rings is 1. The quantitative estimate of drug-likeness (QED) is 0.834. The molecule has 0 saturated carbocycles. The smallest absolute Gasteiger partial charge is 0.260 e. The second kappa shape index (κ2) is 9.37. The molecule has 1 aliphatic rings. The van der Waals surface area contributed by atoms with Crippen molar-refractivity contribution in [3.8, 4) is 5.75 Å². The minimum Gasteiger partial charge on any atom is -0.483 e. The van der Waals surface area contributed by atoms with E-state index in [1.165, 1.54) is 0 Å². The van der Waals surface area contributed by atoms with Crippen molar-refractivity contribution in [3.05, 3.63) is 65.7 Å². The Morgan fingerprint density at radius 3 is 2.39 bits per heavy atom. The van der Waals surface area contributed by atoms with E-state index in [0.717, 1.165) is 5.56 Å². The van der Waals surface area contributed by atoms with Gasteiger partial charge in [-0.05, 0) is 31.5 Å². The van der Waals surface area contributed by atoms with Gasteiger partial charge in [-0.2, -0.15) is 0 Å². The summed E-state index contributed by atoms with van der Waals surface area (Å²) in [5.41, 5.74) is 1.43. The fraction of sp³-hybridized carbons (Fsp3) is 0.364. The van der Waals surface area contributed by atoms with E-state index in [9.17, 15) is 9.59 Å². The van der Waals surface area contributed by atoms with Crippen LogP contribution in [0, 0.1) is 0 Å². The zero-order chi connectivity index (χ0) is 19.9. The maximum Gasteiger partial charge on any atom is 0.260 e. The van der Waals surface area contributed by atoms with Crippen LogP contribution in [0.15, 0.2) is 54.6 Å². The molecule has 148 valence electrons. The minimum absolute atomic E-state index is 0.00347. The number of para-hydroxylation sites is 1. The van der Waals surface area contributed by atoms with E-state index in [4.69, 9.17) is 9.47 Å². The minimum atomic E-state index is -0.236. The van der Waals surface area contributed by atoms with E-state index in [0.29, 0.717) is 30.9 Å². The van der Waals surface area contributed by atoms with Gasteiger partial charge in [-0.15, -0.1) is 0 Å². The average Bonchev–Trinajstić information content (AvgIpc) is 2.70. The van der Waals surface area contributed by atoms with Gasteiger partial charge < -0.3 is 19.7 Å². The topological polar surface area (TPSA) is 67.9 Å². The van der Waals surface area contributed by atoms with Crippen molar-refractivity contribution in [2.45, 2.75) is 32.6 Å². The lowest BCUT2D eigenvalue weighted by atomic mass is 10.1. The molecule has 1 N–H and O–H groups in total. The van der Waals surface area contributed by atoms with E-state index in [2.05, 4.69) is 5.32 Å². The number of hydrogen-bond donors (Lipinski definition) is 1. The summed E-state index contributed by atoms with van der Waals surface area (Å²) in [4.78, 5) is 26.8. The number of nitrogens with zero attached hydrogens (tertiary/aromatic N) is 1. The summed E-state index contributed by atoms with van der Waals surface area (Å²) in [5.74, 6) is 0.0535. The number of benzene rings is 2. The molecule has 0 aliphatic carbocycles. The molecule has 2 aromatic rings. The number of carbonyl (C=O) groups is 2. The Kier molecular flexibility index (Phi) is 6.66. The Labute approximate surface area is 165 Å². The molecule has 2 aromatic carbocycles. The third kappa shape index (κ3) is 5.33. The number of nitrogens with one attached hydrogen (secondary N) is 1. The third-order valence-electron chi connectivity index (χ3n) is 4.55. The van der Waals surface area contributed by atoms with Gasteiger partial charge in [0.15, 0.2) is 6.61 Å². The van der Waals surface area contributed by atoms with Gasteiger partial charge in [-0.25, -0.2) is 0 Å². The van der Waals surface area contributed by atoms with Gasteiger partial charge in [0, 0.05) is 19.6 Å². The second-order valence-corrected chi connectivity index (χ2v) is 7.01. The summed E-state index contributed by atoms with van der Waals surface area (Å²) in [5, 5.41) is 2.89. The zero-order valence-electron chi connectivity index (χ0n) is 16.3. The van der Waals surface area contributed by atoms with Crippen LogP contribution in [0.5, 0.6) is 5.75 Å². The second-order valence-electron chi connectivity index (χ2n) is 7.01. The van der Waals surface area contributed by atoms with Crippen molar-refractivity contribution in [3.63, 3.8) is 0 Å². The molecule has 2 amide bonds. The van der Waals surface area contributed by atoms with Crippen LogP contribution in [0.3, 0.4) is 0 Å². The SMILES string of the molecule is CC1CN(C(=O)COc2ccccc2C(=O)NCc2ccccc2)CC(C)O1. The van der Waals surface area contributed by atoms with Gasteiger partial charge in [-0.1, -0.05) is 42.5 Å². The van der Waals surface area contributed by atoms with E-state index in [1.807, 2.05) is 44.2 Å². The normalized spacial score (nSPS) is 19.1. The van der Waals surface area contributed by atoms with Crippen LogP contribution in [0.2, 0.25) is 0 Å². The average molecular weight is 382 g/mol. The number of hydrogen-bond acceptors (Lipinski definition) is 4. The lowest BCUT2D eigenvalue weighted by Gasteiger charge is -2.35. The standard InChI is InChI=1S/C22H26N2O4/c1-16-13-24(14-17(2)28-16)21(25)15-27-20-11-7-6-10-19(20)22(26)23-12-18-8-4-3-5-9-18/h3-11,16-17H,12-15H2,1-2H3,(H,23,26). The number of carbonyl (C=O) groups excluding carboxylic acids is 2. The van der Waals surface area contributed by atoms with Crippen molar-refractivity contribution in [2.75, 3.05) is 19.7 Å². The van der Waals surface area contributed by atoms with Crippen LogP contribution in [-0.2, 0) is 16.1 Å². The van der Waals surface area contributed by atoms with Gasteiger partial charge in [-0.3, -0.25) is 9.59 Å². The van der Waals surface area contributed by atoms with Crippen molar-refractivity contribution in [1.82, 2.24) is 10.2 Å². The summed E-state index contributed by atoms with van der Waals surface area (Å²) in [7, 11) is 0. The summed E-state index contributed by atoms with van der Waals surface area (Å²) >= 11 is 0. The number of rotatable bonds is 6. The third-order valence-corrected chi connectivity index (χ3v) is 4.55. The van der Waals surface area contributed by atoms with E-state index >= 15 is 0 Å². The van der Waals surface area contributed by atoms with Crippen LogP contribution in [0.4, 0.5) is 0 Å². The predicted octanol–water partition coefficient (Wildman–Crippen LogP) is 2.63. The molecular weight excluding hydrogens is 356 g/mol. The molecule has 1 saturated heterocycles. The molecule has 28 heavy (non-hydrogen) atoms. The first-order chi connectivity index (χ1) is 13.5. The molecule has 0 radical (unpaired) electrons. The number of amides is 2. The maximum atomic E-state index is 12.6. The molecule has 3 rings (SSSR count). The van der Waals surface area contributed by atoms with Crippen molar-refractivity contribution < 1.29 is 19.1 Å². The molecule has 6 heteroatoms. The van der Waals surface area contributed by atoms with Gasteiger partial charge in [0.05, 0.1) is 17.8 Å². The molecule has 1 heterocycles. The molecule has 1 fully saturated rings.